The fourth-order valence-electron chi connectivity index (χ4n) is 0.864. The van der Waals surface area contributed by atoms with Crippen LogP contribution in [0.2, 0.25) is 0 Å². The Kier molecular flexibility index (Phi) is 4.44. The Morgan fingerprint density at radius 2 is 2.64 bits per heavy atom. The van der Waals surface area contributed by atoms with Crippen LogP contribution in [0.3, 0.4) is 0 Å². The molecule has 0 aliphatic heterocycles. The van der Waals surface area contributed by atoms with E-state index in [0.717, 1.165) is 11.5 Å². The predicted octanol–water partition coefficient (Wildman–Crippen LogP) is -0.725. The van der Waals surface area contributed by atoms with E-state index in [2.05, 4.69) is 14.9 Å². The van der Waals surface area contributed by atoms with Crippen LogP contribution in [0.5, 0.6) is 0 Å². The lowest BCUT2D eigenvalue weighted by molar-refractivity contribution is 0.0835. The molecule has 0 bridgehead atoms. The topological polar surface area (TPSA) is 84.3 Å². The summed E-state index contributed by atoms with van der Waals surface area (Å²) in [6.07, 6.45) is 0. The van der Waals surface area contributed by atoms with E-state index < -0.39 is 6.04 Å². The molecule has 6 nitrogen and oxygen atoms in total. The summed E-state index contributed by atoms with van der Waals surface area (Å²) < 4.78 is 8.36. The number of nitrogens with one attached hydrogen (secondary N) is 1. The normalized spacial score (nSPS) is 12.4. The largest absolute Gasteiger partial charge is 0.394 e. The van der Waals surface area contributed by atoms with Crippen LogP contribution in [-0.4, -0.2) is 47.0 Å². The second-order valence-electron chi connectivity index (χ2n) is 2.60. The summed E-state index contributed by atoms with van der Waals surface area (Å²) in [5, 5.41) is 16.6. The maximum atomic E-state index is 11.4. The van der Waals surface area contributed by atoms with Crippen molar-refractivity contribution in [2.24, 2.45) is 0 Å². The molecule has 1 amide bonds. The van der Waals surface area contributed by atoms with Crippen molar-refractivity contribution in [2.75, 3.05) is 20.3 Å². The SMILES string of the molecule is COCC(CO)NC(=O)c1csnn1. The Bertz CT molecular complexity index is 278. The molecular formula is C7H11N3O3S. The van der Waals surface area contributed by atoms with Crippen molar-refractivity contribution in [3.63, 3.8) is 0 Å². The van der Waals surface area contributed by atoms with Crippen molar-refractivity contribution >= 4 is 17.4 Å². The monoisotopic (exact) mass is 217 g/mol. The van der Waals surface area contributed by atoms with Gasteiger partial charge in [0, 0.05) is 12.5 Å². The number of hydrogen-bond donors (Lipinski definition) is 2. The van der Waals surface area contributed by atoms with E-state index in [9.17, 15) is 4.79 Å². The fourth-order valence-corrected chi connectivity index (χ4v) is 1.30. The van der Waals surface area contributed by atoms with Gasteiger partial charge in [0.15, 0.2) is 5.69 Å². The Hall–Kier alpha value is -1.05. The molecule has 14 heavy (non-hydrogen) atoms. The third-order valence-corrected chi connectivity index (χ3v) is 2.02. The van der Waals surface area contributed by atoms with Gasteiger partial charge < -0.3 is 15.2 Å². The number of hydrogen-bond acceptors (Lipinski definition) is 6. The zero-order valence-corrected chi connectivity index (χ0v) is 8.45. The summed E-state index contributed by atoms with van der Waals surface area (Å²) in [6.45, 7) is 0.0942. The van der Waals surface area contributed by atoms with E-state index in [1.807, 2.05) is 0 Å². The van der Waals surface area contributed by atoms with Gasteiger partial charge in [-0.2, -0.15) is 0 Å². The van der Waals surface area contributed by atoms with Gasteiger partial charge >= 0.3 is 0 Å². The van der Waals surface area contributed by atoms with E-state index in [0.29, 0.717) is 0 Å². The number of rotatable bonds is 5. The fraction of sp³-hybridized carbons (Fsp3) is 0.571. The summed E-state index contributed by atoms with van der Waals surface area (Å²) in [5.74, 6) is -0.352. The van der Waals surface area contributed by atoms with Gasteiger partial charge in [-0.3, -0.25) is 4.79 Å². The first-order valence-corrected chi connectivity index (χ1v) is 4.79. The lowest BCUT2D eigenvalue weighted by atomic mass is 10.3. The molecule has 1 unspecified atom stereocenters. The molecule has 7 heteroatoms. The molecule has 0 aliphatic rings. The first-order valence-electron chi connectivity index (χ1n) is 3.95. The Balaban J connectivity index is 2.47. The van der Waals surface area contributed by atoms with Crippen molar-refractivity contribution in [3.8, 4) is 0 Å². The van der Waals surface area contributed by atoms with Crippen molar-refractivity contribution in [1.29, 1.82) is 0 Å². The van der Waals surface area contributed by atoms with Crippen molar-refractivity contribution in [3.05, 3.63) is 11.1 Å². The van der Waals surface area contributed by atoms with Crippen LogP contribution in [0.15, 0.2) is 5.38 Å². The highest BCUT2D eigenvalue weighted by atomic mass is 32.1. The van der Waals surface area contributed by atoms with Gasteiger partial charge in [0.05, 0.1) is 19.3 Å². The molecule has 0 aliphatic carbocycles. The highest BCUT2D eigenvalue weighted by Gasteiger charge is 2.14. The zero-order chi connectivity index (χ0) is 10.4. The van der Waals surface area contributed by atoms with Gasteiger partial charge in [-0.25, -0.2) is 0 Å². The van der Waals surface area contributed by atoms with Crippen molar-refractivity contribution in [1.82, 2.24) is 14.9 Å². The van der Waals surface area contributed by atoms with Crippen LogP contribution in [0.1, 0.15) is 10.5 Å². The first kappa shape index (κ1) is 11.0. The number of aliphatic hydroxyl groups is 1. The van der Waals surface area contributed by atoms with E-state index in [1.54, 1.807) is 0 Å². The van der Waals surface area contributed by atoms with Crippen LogP contribution < -0.4 is 5.32 Å². The average molecular weight is 217 g/mol. The summed E-state index contributed by atoms with van der Waals surface area (Å²) >= 11 is 1.10. The second kappa shape index (κ2) is 5.63. The summed E-state index contributed by atoms with van der Waals surface area (Å²) in [6, 6.07) is -0.408. The minimum absolute atomic E-state index is 0.169. The molecule has 1 aromatic rings. The molecule has 2 N–H and O–H groups in total. The first-order chi connectivity index (χ1) is 6.77. The number of aromatic nitrogens is 2. The molecule has 0 saturated heterocycles. The number of nitrogens with zero attached hydrogens (tertiary/aromatic N) is 2. The second-order valence-corrected chi connectivity index (χ2v) is 3.21. The highest BCUT2D eigenvalue weighted by Crippen LogP contribution is 1.97. The Morgan fingerprint density at radius 1 is 1.86 bits per heavy atom. The molecule has 78 valence electrons. The smallest absolute Gasteiger partial charge is 0.273 e. The van der Waals surface area contributed by atoms with Crippen LogP contribution in [-0.2, 0) is 4.74 Å². The molecule has 0 fully saturated rings. The lowest BCUT2D eigenvalue weighted by Gasteiger charge is -2.13. The van der Waals surface area contributed by atoms with Gasteiger partial charge in [-0.1, -0.05) is 4.49 Å². The molecular weight excluding hydrogens is 206 g/mol. The number of carbonyl (C=O) groups excluding carboxylic acids is 1. The summed E-state index contributed by atoms with van der Waals surface area (Å²) in [4.78, 5) is 11.4. The Morgan fingerprint density at radius 3 is 3.14 bits per heavy atom. The predicted molar refractivity (Wildman–Crippen MR) is 50.1 cm³/mol. The van der Waals surface area contributed by atoms with Crippen LogP contribution in [0, 0.1) is 0 Å². The van der Waals surface area contributed by atoms with E-state index >= 15 is 0 Å². The minimum Gasteiger partial charge on any atom is -0.394 e. The number of aliphatic hydroxyl groups excluding tert-OH is 1. The maximum absolute atomic E-state index is 11.4. The average Bonchev–Trinajstić information content (AvgIpc) is 2.69. The van der Waals surface area contributed by atoms with Crippen molar-refractivity contribution in [2.45, 2.75) is 6.04 Å². The van der Waals surface area contributed by atoms with Crippen molar-refractivity contribution < 1.29 is 14.6 Å². The molecule has 0 aromatic carbocycles. The maximum Gasteiger partial charge on any atom is 0.273 e. The molecule has 1 atom stereocenters. The highest BCUT2D eigenvalue weighted by molar-refractivity contribution is 7.03. The summed E-state index contributed by atoms with van der Waals surface area (Å²) in [5.41, 5.74) is 0.254. The van der Waals surface area contributed by atoms with E-state index in [1.165, 1.54) is 12.5 Å². The van der Waals surface area contributed by atoms with Gasteiger partial charge in [-0.05, 0) is 11.5 Å². The molecule has 1 aromatic heterocycles. The molecule has 1 heterocycles. The standard InChI is InChI=1S/C7H11N3O3S/c1-13-3-5(2-11)8-7(12)6-4-14-10-9-6/h4-5,11H,2-3H2,1H3,(H,8,12). The third-order valence-electron chi connectivity index (χ3n) is 1.52. The molecule has 0 spiro atoms. The lowest BCUT2D eigenvalue weighted by Crippen LogP contribution is -2.40. The molecule has 0 radical (unpaired) electrons. The van der Waals surface area contributed by atoms with Crippen LogP contribution >= 0.6 is 11.5 Å². The van der Waals surface area contributed by atoms with Gasteiger partial charge in [-0.15, -0.1) is 5.10 Å². The zero-order valence-electron chi connectivity index (χ0n) is 7.64. The van der Waals surface area contributed by atoms with Gasteiger partial charge in [0.2, 0.25) is 0 Å². The van der Waals surface area contributed by atoms with E-state index in [-0.39, 0.29) is 24.8 Å². The third kappa shape index (κ3) is 3.02. The summed E-state index contributed by atoms with van der Waals surface area (Å²) in [7, 11) is 1.50. The number of methoxy groups -OCH3 is 1. The molecule has 0 saturated carbocycles. The molecule has 1 rings (SSSR count). The van der Waals surface area contributed by atoms with Gasteiger partial charge in [0.25, 0.3) is 5.91 Å². The van der Waals surface area contributed by atoms with Gasteiger partial charge in [0.1, 0.15) is 0 Å². The number of amides is 1. The minimum atomic E-state index is -0.408. The van der Waals surface area contributed by atoms with Crippen LogP contribution in [0.4, 0.5) is 0 Å². The van der Waals surface area contributed by atoms with Crippen LogP contribution in [0.25, 0.3) is 0 Å². The van der Waals surface area contributed by atoms with E-state index in [4.69, 9.17) is 9.84 Å². The number of ether oxygens (including phenoxy) is 1. The number of carbonyl (C=O) groups is 1. The Labute approximate surface area is 85.1 Å². The quantitative estimate of drug-likeness (QED) is 0.679.